The third kappa shape index (κ3) is 3.29. The average Bonchev–Trinajstić information content (AvgIpc) is 2.70. The molecular weight excluding hydrogens is 304 g/mol. The molecule has 1 aliphatic carbocycles. The van der Waals surface area contributed by atoms with Crippen molar-refractivity contribution in [3.8, 4) is 0 Å². The molecular formula is C24H22O. The summed E-state index contributed by atoms with van der Waals surface area (Å²) in [6, 6.07) is 31.0. The Balaban J connectivity index is 1.80. The van der Waals surface area contributed by atoms with Crippen LogP contribution in [0.1, 0.15) is 35.4 Å². The first-order valence-electron chi connectivity index (χ1n) is 8.85. The van der Waals surface area contributed by atoms with Crippen LogP contribution in [0.3, 0.4) is 0 Å². The van der Waals surface area contributed by atoms with Crippen molar-refractivity contribution in [2.75, 3.05) is 0 Å². The third-order valence-corrected chi connectivity index (χ3v) is 5.13. The van der Waals surface area contributed by atoms with Crippen molar-refractivity contribution in [1.29, 1.82) is 0 Å². The van der Waals surface area contributed by atoms with Crippen LogP contribution in [0.25, 0.3) is 5.57 Å². The van der Waals surface area contributed by atoms with Gasteiger partial charge in [0.25, 0.3) is 0 Å². The van der Waals surface area contributed by atoms with Crippen LogP contribution in [0.4, 0.5) is 0 Å². The Labute approximate surface area is 149 Å². The van der Waals surface area contributed by atoms with E-state index in [4.69, 9.17) is 0 Å². The molecule has 0 amide bonds. The van der Waals surface area contributed by atoms with Crippen LogP contribution in [-0.4, -0.2) is 5.11 Å². The van der Waals surface area contributed by atoms with Gasteiger partial charge in [0.2, 0.25) is 0 Å². The monoisotopic (exact) mass is 326 g/mol. The second-order valence-electron chi connectivity index (χ2n) is 6.84. The highest BCUT2D eigenvalue weighted by molar-refractivity contribution is 5.69. The summed E-state index contributed by atoms with van der Waals surface area (Å²) in [5.41, 5.74) is 3.72. The van der Waals surface area contributed by atoms with E-state index in [2.05, 4.69) is 54.6 Å². The van der Waals surface area contributed by atoms with Crippen molar-refractivity contribution in [1.82, 2.24) is 0 Å². The second kappa shape index (κ2) is 6.70. The Morgan fingerprint density at radius 1 is 0.720 bits per heavy atom. The minimum atomic E-state index is -0.939. The smallest absolute Gasteiger partial charge is 0.109 e. The van der Waals surface area contributed by atoms with Crippen LogP contribution in [0.2, 0.25) is 0 Å². The third-order valence-electron chi connectivity index (χ3n) is 5.13. The zero-order valence-electron chi connectivity index (χ0n) is 14.2. The van der Waals surface area contributed by atoms with E-state index in [1.54, 1.807) is 0 Å². The fourth-order valence-corrected chi connectivity index (χ4v) is 3.86. The molecule has 0 heterocycles. The van der Waals surface area contributed by atoms with Gasteiger partial charge in [-0.3, -0.25) is 0 Å². The summed E-state index contributed by atoms with van der Waals surface area (Å²) in [5.74, 6) is 0.298. The largest absolute Gasteiger partial charge is 0.381 e. The minimum absolute atomic E-state index is 0.298. The Hall–Kier alpha value is -2.64. The van der Waals surface area contributed by atoms with Crippen LogP contribution in [0.5, 0.6) is 0 Å². The van der Waals surface area contributed by atoms with E-state index in [0.717, 1.165) is 12.0 Å². The minimum Gasteiger partial charge on any atom is -0.381 e. The van der Waals surface area contributed by atoms with Crippen LogP contribution in [-0.2, 0) is 5.60 Å². The zero-order valence-corrected chi connectivity index (χ0v) is 14.2. The summed E-state index contributed by atoms with van der Waals surface area (Å²) in [5, 5.41) is 11.5. The molecule has 4 rings (SSSR count). The van der Waals surface area contributed by atoms with E-state index in [9.17, 15) is 5.11 Å². The van der Waals surface area contributed by atoms with Gasteiger partial charge in [-0.15, -0.1) is 0 Å². The van der Waals surface area contributed by atoms with E-state index in [1.807, 2.05) is 42.5 Å². The van der Waals surface area contributed by atoms with Crippen LogP contribution in [0.15, 0.2) is 97.1 Å². The number of aliphatic hydroxyl groups is 1. The zero-order chi connectivity index (χ0) is 17.1. The number of benzene rings is 3. The van der Waals surface area contributed by atoms with Gasteiger partial charge < -0.3 is 5.11 Å². The molecule has 0 spiro atoms. The summed E-state index contributed by atoms with van der Waals surface area (Å²) in [4.78, 5) is 0. The maximum Gasteiger partial charge on any atom is 0.109 e. The molecule has 124 valence electrons. The SMILES string of the molecule is OC1(c2ccccc2)C=C(c2ccccc2)CC(c2ccccc2)C1. The Morgan fingerprint density at radius 3 is 1.92 bits per heavy atom. The number of hydrogen-bond donors (Lipinski definition) is 1. The molecule has 0 saturated carbocycles. The summed E-state index contributed by atoms with van der Waals surface area (Å²) in [6.07, 6.45) is 3.72. The molecule has 0 aromatic heterocycles. The maximum absolute atomic E-state index is 11.5. The standard InChI is InChI=1S/C24H22O/c25-24(23-14-8-3-9-15-23)17-21(19-10-4-1-5-11-19)16-22(18-24)20-12-6-2-7-13-20/h1-15,17,22,25H,16,18H2. The lowest BCUT2D eigenvalue weighted by molar-refractivity contribution is 0.0672. The Kier molecular flexibility index (Phi) is 4.25. The van der Waals surface area contributed by atoms with Crippen molar-refractivity contribution < 1.29 is 5.11 Å². The molecule has 0 radical (unpaired) electrons. The highest BCUT2D eigenvalue weighted by Crippen LogP contribution is 2.45. The molecule has 1 heteroatoms. The van der Waals surface area contributed by atoms with E-state index >= 15 is 0 Å². The quantitative estimate of drug-likeness (QED) is 0.670. The van der Waals surface area contributed by atoms with Gasteiger partial charge in [0.1, 0.15) is 5.60 Å². The number of rotatable bonds is 3. The lowest BCUT2D eigenvalue weighted by Crippen LogP contribution is -2.29. The van der Waals surface area contributed by atoms with E-state index in [-0.39, 0.29) is 0 Å². The fourth-order valence-electron chi connectivity index (χ4n) is 3.86. The van der Waals surface area contributed by atoms with Crippen LogP contribution >= 0.6 is 0 Å². The molecule has 0 aliphatic heterocycles. The fraction of sp³-hybridized carbons (Fsp3) is 0.167. The maximum atomic E-state index is 11.5. The van der Waals surface area contributed by atoms with Crippen LogP contribution < -0.4 is 0 Å². The van der Waals surface area contributed by atoms with Gasteiger partial charge in [-0.05, 0) is 47.1 Å². The highest BCUT2D eigenvalue weighted by Gasteiger charge is 2.36. The van der Waals surface area contributed by atoms with Gasteiger partial charge in [-0.25, -0.2) is 0 Å². The van der Waals surface area contributed by atoms with Gasteiger partial charge in [0.15, 0.2) is 0 Å². The average molecular weight is 326 g/mol. The summed E-state index contributed by atoms with van der Waals surface area (Å²) >= 11 is 0. The van der Waals surface area contributed by atoms with Crippen molar-refractivity contribution in [2.45, 2.75) is 24.4 Å². The normalized spacial score (nSPS) is 23.1. The first-order chi connectivity index (χ1) is 12.2. The molecule has 0 bridgehead atoms. The molecule has 1 nitrogen and oxygen atoms in total. The Bertz CT molecular complexity index is 852. The molecule has 2 unspecified atom stereocenters. The van der Waals surface area contributed by atoms with Gasteiger partial charge >= 0.3 is 0 Å². The number of allylic oxidation sites excluding steroid dienone is 1. The van der Waals surface area contributed by atoms with Gasteiger partial charge in [-0.2, -0.15) is 0 Å². The summed E-state index contributed by atoms with van der Waals surface area (Å²) < 4.78 is 0. The molecule has 1 aliphatic rings. The van der Waals surface area contributed by atoms with E-state index < -0.39 is 5.60 Å². The molecule has 3 aromatic rings. The van der Waals surface area contributed by atoms with Gasteiger partial charge in [0, 0.05) is 0 Å². The predicted octanol–water partition coefficient (Wildman–Crippen LogP) is 5.54. The van der Waals surface area contributed by atoms with Gasteiger partial charge in [0.05, 0.1) is 0 Å². The predicted molar refractivity (Wildman–Crippen MR) is 103 cm³/mol. The number of hydrogen-bond acceptors (Lipinski definition) is 1. The second-order valence-corrected chi connectivity index (χ2v) is 6.84. The van der Waals surface area contributed by atoms with Crippen molar-refractivity contribution >= 4 is 5.57 Å². The molecule has 1 N–H and O–H groups in total. The molecule has 0 saturated heterocycles. The highest BCUT2D eigenvalue weighted by atomic mass is 16.3. The molecule has 3 aromatic carbocycles. The first-order valence-corrected chi connectivity index (χ1v) is 8.85. The van der Waals surface area contributed by atoms with Crippen molar-refractivity contribution in [2.24, 2.45) is 0 Å². The molecule has 2 atom stereocenters. The molecule has 0 fully saturated rings. The lowest BCUT2D eigenvalue weighted by Gasteiger charge is -2.36. The molecule has 25 heavy (non-hydrogen) atoms. The summed E-state index contributed by atoms with van der Waals surface area (Å²) in [6.45, 7) is 0. The van der Waals surface area contributed by atoms with E-state index in [1.165, 1.54) is 16.7 Å². The van der Waals surface area contributed by atoms with Gasteiger partial charge in [-0.1, -0.05) is 91.0 Å². The van der Waals surface area contributed by atoms with E-state index in [0.29, 0.717) is 12.3 Å². The lowest BCUT2D eigenvalue weighted by atomic mass is 9.72. The topological polar surface area (TPSA) is 20.2 Å². The van der Waals surface area contributed by atoms with Crippen molar-refractivity contribution in [3.63, 3.8) is 0 Å². The van der Waals surface area contributed by atoms with Crippen LogP contribution in [0, 0.1) is 0 Å². The Morgan fingerprint density at radius 2 is 1.28 bits per heavy atom. The van der Waals surface area contributed by atoms with Crippen molar-refractivity contribution in [3.05, 3.63) is 114 Å². The summed E-state index contributed by atoms with van der Waals surface area (Å²) in [7, 11) is 0. The first kappa shape index (κ1) is 15.9.